The van der Waals surface area contributed by atoms with Crippen LogP contribution in [0.4, 0.5) is 5.69 Å². The Labute approximate surface area is 106 Å². The average molecular weight is 247 g/mol. The van der Waals surface area contributed by atoms with E-state index in [1.807, 2.05) is 12.1 Å². The monoisotopic (exact) mass is 247 g/mol. The van der Waals surface area contributed by atoms with Gasteiger partial charge in [-0.2, -0.15) is 0 Å². The summed E-state index contributed by atoms with van der Waals surface area (Å²) in [7, 11) is 0. The summed E-state index contributed by atoms with van der Waals surface area (Å²) in [6.07, 6.45) is 2.04. The Kier molecular flexibility index (Phi) is 3.65. The normalized spacial score (nSPS) is 18.1. The summed E-state index contributed by atoms with van der Waals surface area (Å²) in [5.41, 5.74) is 3.22. The molecule has 0 saturated carbocycles. The molecule has 1 aliphatic heterocycles. The minimum absolute atomic E-state index is 0.0425. The number of anilines is 1. The molecule has 0 bridgehead atoms. The van der Waals surface area contributed by atoms with Gasteiger partial charge >= 0.3 is 5.97 Å². The van der Waals surface area contributed by atoms with Crippen LogP contribution in [0.3, 0.4) is 0 Å². The fourth-order valence-electron chi connectivity index (χ4n) is 2.28. The Hall–Kier alpha value is -1.84. The van der Waals surface area contributed by atoms with Gasteiger partial charge in [-0.05, 0) is 36.5 Å². The smallest absolute Gasteiger partial charge is 0.303 e. The summed E-state index contributed by atoms with van der Waals surface area (Å²) in [5, 5.41) is 11.5. The number of hydrogen-bond acceptors (Lipinski definition) is 2. The molecular weight excluding hydrogens is 230 g/mol. The zero-order valence-electron chi connectivity index (χ0n) is 10.4. The summed E-state index contributed by atoms with van der Waals surface area (Å²) in [6, 6.07) is 6.04. The fraction of sp³-hybridized carbons (Fsp3) is 0.429. The topological polar surface area (TPSA) is 66.4 Å². The fourth-order valence-corrected chi connectivity index (χ4v) is 2.28. The molecular formula is C14H17NO3. The van der Waals surface area contributed by atoms with Crippen LogP contribution >= 0.6 is 0 Å². The molecule has 0 aliphatic carbocycles. The number of fused-ring (bicyclic) bond motifs is 1. The van der Waals surface area contributed by atoms with Crippen LogP contribution in [0, 0.1) is 5.92 Å². The van der Waals surface area contributed by atoms with Crippen LogP contribution in [0.15, 0.2) is 18.2 Å². The molecule has 1 atom stereocenters. The van der Waals surface area contributed by atoms with Gasteiger partial charge in [0, 0.05) is 18.0 Å². The van der Waals surface area contributed by atoms with E-state index in [4.69, 9.17) is 5.11 Å². The molecule has 1 amide bonds. The van der Waals surface area contributed by atoms with Gasteiger partial charge in [0.25, 0.3) is 0 Å². The highest BCUT2D eigenvalue weighted by molar-refractivity contribution is 5.95. The Morgan fingerprint density at radius 2 is 2.28 bits per heavy atom. The van der Waals surface area contributed by atoms with E-state index in [-0.39, 0.29) is 18.2 Å². The van der Waals surface area contributed by atoms with Crippen molar-refractivity contribution >= 4 is 17.6 Å². The molecule has 0 spiro atoms. The number of nitrogens with one attached hydrogen (secondary N) is 1. The van der Waals surface area contributed by atoms with Gasteiger partial charge in [0.15, 0.2) is 0 Å². The van der Waals surface area contributed by atoms with Gasteiger partial charge < -0.3 is 10.4 Å². The molecule has 96 valence electrons. The molecule has 4 nitrogen and oxygen atoms in total. The summed E-state index contributed by atoms with van der Waals surface area (Å²) in [6.45, 7) is 2.09. The summed E-state index contributed by atoms with van der Waals surface area (Å²) in [4.78, 5) is 22.4. The van der Waals surface area contributed by atoms with E-state index in [1.54, 1.807) is 0 Å². The lowest BCUT2D eigenvalue weighted by Gasteiger charge is -2.24. The maximum Gasteiger partial charge on any atom is 0.303 e. The summed E-state index contributed by atoms with van der Waals surface area (Å²) in [5.74, 6) is -1.13. The maximum absolute atomic E-state index is 11.8. The van der Waals surface area contributed by atoms with Gasteiger partial charge in [0.1, 0.15) is 0 Å². The summed E-state index contributed by atoms with van der Waals surface area (Å²) >= 11 is 0. The molecule has 4 heteroatoms. The van der Waals surface area contributed by atoms with Gasteiger partial charge in [-0.15, -0.1) is 0 Å². The predicted octanol–water partition coefficient (Wildman–Crippen LogP) is 2.22. The average Bonchev–Trinajstić information content (AvgIpc) is 2.35. The third-order valence-corrected chi connectivity index (χ3v) is 3.38. The van der Waals surface area contributed by atoms with Crippen molar-refractivity contribution in [2.45, 2.75) is 32.6 Å². The van der Waals surface area contributed by atoms with E-state index in [2.05, 4.69) is 18.3 Å². The first-order valence-corrected chi connectivity index (χ1v) is 6.24. The van der Waals surface area contributed by atoms with Gasteiger partial charge in [0.05, 0.1) is 0 Å². The van der Waals surface area contributed by atoms with Crippen LogP contribution in [0.5, 0.6) is 0 Å². The highest BCUT2D eigenvalue weighted by atomic mass is 16.4. The number of carbonyl (C=O) groups is 2. The lowest BCUT2D eigenvalue weighted by Crippen LogP contribution is -2.30. The van der Waals surface area contributed by atoms with Crippen molar-refractivity contribution in [3.05, 3.63) is 29.3 Å². The van der Waals surface area contributed by atoms with E-state index in [1.165, 1.54) is 5.56 Å². The lowest BCUT2D eigenvalue weighted by molar-refractivity contribution is -0.137. The highest BCUT2D eigenvalue weighted by Crippen LogP contribution is 2.28. The molecule has 1 aliphatic rings. The molecule has 2 N–H and O–H groups in total. The van der Waals surface area contributed by atoms with Crippen molar-refractivity contribution < 1.29 is 14.7 Å². The Balaban J connectivity index is 2.14. The number of aryl methyl sites for hydroxylation is 1. The van der Waals surface area contributed by atoms with Gasteiger partial charge in [-0.25, -0.2) is 0 Å². The molecule has 2 rings (SSSR count). The van der Waals surface area contributed by atoms with E-state index in [9.17, 15) is 9.59 Å². The molecule has 0 fully saturated rings. The van der Waals surface area contributed by atoms with E-state index < -0.39 is 5.97 Å². The SMILES string of the molecule is CCc1ccc2c(c1)CC(CCC(=O)O)C(=O)N2. The molecule has 0 radical (unpaired) electrons. The van der Waals surface area contributed by atoms with Gasteiger partial charge in [-0.3, -0.25) is 9.59 Å². The van der Waals surface area contributed by atoms with Crippen molar-refractivity contribution in [1.82, 2.24) is 0 Å². The second kappa shape index (κ2) is 5.21. The minimum atomic E-state index is -0.851. The Morgan fingerprint density at radius 3 is 2.94 bits per heavy atom. The number of carboxylic acids is 1. The first-order chi connectivity index (χ1) is 8.60. The number of rotatable bonds is 4. The number of aliphatic carboxylic acids is 1. The number of hydrogen-bond donors (Lipinski definition) is 2. The molecule has 18 heavy (non-hydrogen) atoms. The third kappa shape index (κ3) is 2.70. The zero-order valence-corrected chi connectivity index (χ0v) is 10.4. The van der Waals surface area contributed by atoms with Crippen LogP contribution < -0.4 is 5.32 Å². The molecule has 1 aromatic rings. The van der Waals surface area contributed by atoms with Gasteiger partial charge in [0.2, 0.25) is 5.91 Å². The Morgan fingerprint density at radius 1 is 1.50 bits per heavy atom. The van der Waals surface area contributed by atoms with Crippen molar-refractivity contribution in [1.29, 1.82) is 0 Å². The largest absolute Gasteiger partial charge is 0.481 e. The van der Waals surface area contributed by atoms with E-state index >= 15 is 0 Å². The summed E-state index contributed by atoms with van der Waals surface area (Å²) < 4.78 is 0. The second-order valence-electron chi connectivity index (χ2n) is 4.67. The van der Waals surface area contributed by atoms with Crippen molar-refractivity contribution in [3.63, 3.8) is 0 Å². The quantitative estimate of drug-likeness (QED) is 0.857. The molecule has 1 aromatic carbocycles. The van der Waals surface area contributed by atoms with Crippen LogP contribution in [0.1, 0.15) is 30.9 Å². The minimum Gasteiger partial charge on any atom is -0.481 e. The van der Waals surface area contributed by atoms with Crippen molar-refractivity contribution in [3.8, 4) is 0 Å². The van der Waals surface area contributed by atoms with E-state index in [0.29, 0.717) is 12.8 Å². The maximum atomic E-state index is 11.8. The molecule has 0 saturated heterocycles. The number of amides is 1. The standard InChI is InChI=1S/C14H17NO3/c1-2-9-3-5-12-11(7-9)8-10(14(18)15-12)4-6-13(16)17/h3,5,7,10H,2,4,6,8H2,1H3,(H,15,18)(H,16,17). The zero-order chi connectivity index (χ0) is 13.1. The van der Waals surface area contributed by atoms with Crippen molar-refractivity contribution in [2.24, 2.45) is 5.92 Å². The second-order valence-corrected chi connectivity index (χ2v) is 4.67. The van der Waals surface area contributed by atoms with Crippen LogP contribution in [0.25, 0.3) is 0 Å². The van der Waals surface area contributed by atoms with Gasteiger partial charge in [-0.1, -0.05) is 19.1 Å². The lowest BCUT2D eigenvalue weighted by atomic mass is 9.88. The van der Waals surface area contributed by atoms with Crippen LogP contribution in [0.2, 0.25) is 0 Å². The Bertz CT molecular complexity index is 482. The molecule has 1 heterocycles. The van der Waals surface area contributed by atoms with Crippen LogP contribution in [-0.2, 0) is 22.4 Å². The predicted molar refractivity (Wildman–Crippen MR) is 68.5 cm³/mol. The van der Waals surface area contributed by atoms with Crippen molar-refractivity contribution in [2.75, 3.05) is 5.32 Å². The first-order valence-electron chi connectivity index (χ1n) is 6.24. The molecule has 1 unspecified atom stereocenters. The molecule has 0 aromatic heterocycles. The first kappa shape index (κ1) is 12.6. The number of carboxylic acid groups (broad SMARTS) is 1. The van der Waals surface area contributed by atoms with Crippen LogP contribution in [-0.4, -0.2) is 17.0 Å². The third-order valence-electron chi connectivity index (χ3n) is 3.38. The number of benzene rings is 1. The van der Waals surface area contributed by atoms with E-state index in [0.717, 1.165) is 17.7 Å². The number of carbonyl (C=O) groups excluding carboxylic acids is 1. The highest BCUT2D eigenvalue weighted by Gasteiger charge is 2.26.